The van der Waals surface area contributed by atoms with Crippen molar-refractivity contribution in [2.45, 2.75) is 26.4 Å². The quantitative estimate of drug-likeness (QED) is 0.608. The van der Waals surface area contributed by atoms with Crippen molar-refractivity contribution in [1.29, 1.82) is 0 Å². The van der Waals surface area contributed by atoms with Crippen molar-refractivity contribution < 1.29 is 8.94 Å². The zero-order chi connectivity index (χ0) is 17.7. The van der Waals surface area contributed by atoms with E-state index in [0.717, 1.165) is 23.6 Å². The molecule has 0 aliphatic carbocycles. The Morgan fingerprint density at radius 2 is 2.27 bits per heavy atom. The summed E-state index contributed by atoms with van der Waals surface area (Å²) in [5.41, 5.74) is 3.50. The molecule has 1 N–H and O–H groups in total. The molecule has 0 fully saturated rings. The Balaban J connectivity index is 1.52. The number of fused-ring (bicyclic) bond motifs is 2. The summed E-state index contributed by atoms with van der Waals surface area (Å²) in [5, 5.41) is 7.08. The van der Waals surface area contributed by atoms with Crippen LogP contribution in [0, 0.1) is 6.92 Å². The molecule has 8 nitrogen and oxygen atoms in total. The Morgan fingerprint density at radius 1 is 1.35 bits per heavy atom. The number of aryl methyl sites for hydroxylation is 1. The molecule has 4 aromatic heterocycles. The first-order valence-corrected chi connectivity index (χ1v) is 8.49. The molecular weight excluding hydrogens is 334 g/mol. The van der Waals surface area contributed by atoms with E-state index < -0.39 is 0 Å². The maximum absolute atomic E-state index is 12.9. The Hall–Kier alpha value is -3.13. The summed E-state index contributed by atoms with van der Waals surface area (Å²) in [7, 11) is 0. The number of rotatable bonds is 3. The average molecular weight is 351 g/mol. The van der Waals surface area contributed by atoms with Crippen molar-refractivity contribution in [3.8, 4) is 11.4 Å². The molecule has 8 heteroatoms. The standard InChI is InChI=1S/C18H17N5O3/c1-11-7-15(21-26-11)14-8-17-19-16-10-22(9-12-3-2-6-25-12)5-4-13(16)18(24)23(17)20-14/h2-3,6-8,20H,4-5,9-10H2,1H3. The van der Waals surface area contributed by atoms with Crippen molar-refractivity contribution >= 4 is 5.65 Å². The summed E-state index contributed by atoms with van der Waals surface area (Å²) in [6, 6.07) is 7.49. The molecule has 0 unspecified atom stereocenters. The zero-order valence-electron chi connectivity index (χ0n) is 14.2. The van der Waals surface area contributed by atoms with E-state index >= 15 is 0 Å². The van der Waals surface area contributed by atoms with Gasteiger partial charge in [0.25, 0.3) is 5.56 Å². The normalized spacial score (nSPS) is 14.8. The van der Waals surface area contributed by atoms with Crippen molar-refractivity contribution in [3.05, 3.63) is 63.7 Å². The topological polar surface area (TPSA) is 92.6 Å². The van der Waals surface area contributed by atoms with Crippen LogP contribution in [-0.2, 0) is 19.5 Å². The summed E-state index contributed by atoms with van der Waals surface area (Å²) in [6.07, 6.45) is 2.34. The van der Waals surface area contributed by atoms with Gasteiger partial charge in [0.15, 0.2) is 5.65 Å². The van der Waals surface area contributed by atoms with Gasteiger partial charge in [-0.05, 0) is 25.5 Å². The molecule has 1 aliphatic rings. The number of furan rings is 1. The summed E-state index contributed by atoms with van der Waals surface area (Å²) in [6.45, 7) is 3.97. The van der Waals surface area contributed by atoms with Gasteiger partial charge < -0.3 is 8.94 Å². The SMILES string of the molecule is Cc1cc(-c2cc3nc4c(c(=O)n3[nH]2)CCN(Cc2ccco2)C4)no1. The first kappa shape index (κ1) is 15.2. The van der Waals surface area contributed by atoms with E-state index in [4.69, 9.17) is 13.9 Å². The van der Waals surface area contributed by atoms with E-state index in [9.17, 15) is 4.79 Å². The van der Waals surface area contributed by atoms with E-state index in [1.54, 1.807) is 6.26 Å². The van der Waals surface area contributed by atoms with Crippen LogP contribution in [-0.4, -0.2) is 31.2 Å². The zero-order valence-corrected chi connectivity index (χ0v) is 14.2. The van der Waals surface area contributed by atoms with Crippen molar-refractivity contribution in [3.63, 3.8) is 0 Å². The third kappa shape index (κ3) is 2.46. The van der Waals surface area contributed by atoms with Gasteiger partial charge in [-0.3, -0.25) is 14.8 Å². The number of aromatic nitrogens is 4. The maximum Gasteiger partial charge on any atom is 0.276 e. The fourth-order valence-corrected chi connectivity index (χ4v) is 3.43. The highest BCUT2D eigenvalue weighted by Crippen LogP contribution is 2.21. The third-order valence-electron chi connectivity index (χ3n) is 4.71. The van der Waals surface area contributed by atoms with E-state index in [-0.39, 0.29) is 5.56 Å². The average Bonchev–Trinajstić information content (AvgIpc) is 3.35. The van der Waals surface area contributed by atoms with Crippen LogP contribution in [0.2, 0.25) is 0 Å². The van der Waals surface area contributed by atoms with Crippen LogP contribution in [0.15, 0.2) is 44.3 Å². The largest absolute Gasteiger partial charge is 0.468 e. The highest BCUT2D eigenvalue weighted by Gasteiger charge is 2.23. The number of H-pyrrole nitrogens is 1. The number of nitrogens with one attached hydrogen (secondary N) is 1. The van der Waals surface area contributed by atoms with Crippen LogP contribution in [0.5, 0.6) is 0 Å². The lowest BCUT2D eigenvalue weighted by molar-refractivity contribution is 0.221. The van der Waals surface area contributed by atoms with Gasteiger partial charge in [-0.2, -0.15) is 0 Å². The second-order valence-corrected chi connectivity index (χ2v) is 6.57. The van der Waals surface area contributed by atoms with Crippen LogP contribution >= 0.6 is 0 Å². The highest BCUT2D eigenvalue weighted by atomic mass is 16.5. The number of aromatic amines is 1. The molecule has 132 valence electrons. The van der Waals surface area contributed by atoms with Gasteiger partial charge in [0.1, 0.15) is 17.2 Å². The molecule has 0 saturated carbocycles. The van der Waals surface area contributed by atoms with Crippen molar-refractivity contribution in [1.82, 2.24) is 24.7 Å². The van der Waals surface area contributed by atoms with Gasteiger partial charge in [-0.25, -0.2) is 9.50 Å². The Labute approximate surface area is 148 Å². The second kappa shape index (κ2) is 5.70. The highest BCUT2D eigenvalue weighted by molar-refractivity contribution is 5.60. The molecular formula is C18H17N5O3. The molecule has 0 bridgehead atoms. The summed E-state index contributed by atoms with van der Waals surface area (Å²) in [5.74, 6) is 1.63. The van der Waals surface area contributed by atoms with Crippen molar-refractivity contribution in [2.75, 3.05) is 6.54 Å². The molecule has 0 atom stereocenters. The Kier molecular flexibility index (Phi) is 3.32. The molecule has 5 heterocycles. The van der Waals surface area contributed by atoms with Crippen LogP contribution in [0.4, 0.5) is 0 Å². The third-order valence-corrected chi connectivity index (χ3v) is 4.71. The van der Waals surface area contributed by atoms with Crippen LogP contribution in [0.25, 0.3) is 17.0 Å². The molecule has 0 radical (unpaired) electrons. The van der Waals surface area contributed by atoms with E-state index in [0.29, 0.717) is 42.3 Å². The minimum atomic E-state index is -0.0471. The van der Waals surface area contributed by atoms with Gasteiger partial charge in [-0.15, -0.1) is 0 Å². The molecule has 26 heavy (non-hydrogen) atoms. The van der Waals surface area contributed by atoms with E-state index in [2.05, 4.69) is 15.2 Å². The monoisotopic (exact) mass is 351 g/mol. The fourth-order valence-electron chi connectivity index (χ4n) is 3.43. The molecule has 0 spiro atoms. The lowest BCUT2D eigenvalue weighted by Gasteiger charge is -2.26. The van der Waals surface area contributed by atoms with E-state index in [1.165, 1.54) is 4.52 Å². The lowest BCUT2D eigenvalue weighted by atomic mass is 10.1. The molecule has 0 aromatic carbocycles. The second-order valence-electron chi connectivity index (χ2n) is 6.57. The Bertz CT molecular complexity index is 1140. The Morgan fingerprint density at radius 3 is 3.04 bits per heavy atom. The number of hydrogen-bond donors (Lipinski definition) is 1. The predicted molar refractivity (Wildman–Crippen MR) is 92.6 cm³/mol. The predicted octanol–water partition coefficient (Wildman–Crippen LogP) is 2.14. The molecule has 4 aromatic rings. The van der Waals surface area contributed by atoms with E-state index in [1.807, 2.05) is 31.2 Å². The van der Waals surface area contributed by atoms with Gasteiger partial charge >= 0.3 is 0 Å². The minimum Gasteiger partial charge on any atom is -0.468 e. The molecule has 0 saturated heterocycles. The summed E-state index contributed by atoms with van der Waals surface area (Å²) >= 11 is 0. The maximum atomic E-state index is 12.9. The van der Waals surface area contributed by atoms with Gasteiger partial charge in [0.05, 0.1) is 24.2 Å². The first-order valence-electron chi connectivity index (χ1n) is 8.49. The number of hydrogen-bond acceptors (Lipinski definition) is 6. The lowest BCUT2D eigenvalue weighted by Crippen LogP contribution is -2.35. The van der Waals surface area contributed by atoms with Crippen molar-refractivity contribution in [2.24, 2.45) is 0 Å². The number of nitrogens with zero attached hydrogens (tertiary/aromatic N) is 4. The van der Waals surface area contributed by atoms with Gasteiger partial charge in [-0.1, -0.05) is 5.16 Å². The van der Waals surface area contributed by atoms with Crippen LogP contribution in [0.3, 0.4) is 0 Å². The smallest absolute Gasteiger partial charge is 0.276 e. The van der Waals surface area contributed by atoms with Gasteiger partial charge in [0, 0.05) is 30.8 Å². The van der Waals surface area contributed by atoms with Crippen LogP contribution < -0.4 is 5.56 Å². The first-order chi connectivity index (χ1) is 12.7. The molecule has 1 aliphatic heterocycles. The molecule has 5 rings (SSSR count). The minimum absolute atomic E-state index is 0.0471. The molecule has 0 amide bonds. The van der Waals surface area contributed by atoms with Crippen LogP contribution in [0.1, 0.15) is 22.8 Å². The fraction of sp³-hybridized carbons (Fsp3) is 0.278. The van der Waals surface area contributed by atoms with Gasteiger partial charge in [0.2, 0.25) is 0 Å². The summed E-state index contributed by atoms with van der Waals surface area (Å²) < 4.78 is 12.0. The summed E-state index contributed by atoms with van der Waals surface area (Å²) in [4.78, 5) is 19.8.